The van der Waals surface area contributed by atoms with Crippen molar-refractivity contribution in [1.82, 2.24) is 9.88 Å². The summed E-state index contributed by atoms with van der Waals surface area (Å²) in [6.45, 7) is 7.38. The van der Waals surface area contributed by atoms with E-state index >= 15 is 0 Å². The van der Waals surface area contributed by atoms with Gasteiger partial charge in [-0.15, -0.1) is 0 Å². The number of carbonyl (C=O) groups is 1. The third kappa shape index (κ3) is 4.89. The number of aliphatic hydroxyl groups is 1. The molecule has 0 bridgehead atoms. The topological polar surface area (TPSA) is 65.5 Å². The molecule has 1 amide bonds. The summed E-state index contributed by atoms with van der Waals surface area (Å²) in [7, 11) is 0. The van der Waals surface area contributed by atoms with Gasteiger partial charge in [-0.05, 0) is 39.2 Å². The van der Waals surface area contributed by atoms with Crippen LogP contribution in [0.3, 0.4) is 0 Å². The second-order valence-corrected chi connectivity index (χ2v) is 5.87. The Labute approximate surface area is 131 Å². The highest BCUT2D eigenvalue weighted by Crippen LogP contribution is 2.17. The van der Waals surface area contributed by atoms with Gasteiger partial charge in [0.25, 0.3) is 5.91 Å². The molecule has 0 fully saturated rings. The van der Waals surface area contributed by atoms with Gasteiger partial charge in [-0.1, -0.05) is 0 Å². The molecule has 0 saturated heterocycles. The lowest BCUT2D eigenvalue weighted by molar-refractivity contribution is 0.0767. The second-order valence-electron chi connectivity index (χ2n) is 4.80. The van der Waals surface area contributed by atoms with Crippen LogP contribution in [0, 0.1) is 0 Å². The largest absolute Gasteiger partial charge is 0.395 e. The molecule has 0 aromatic carbocycles. The lowest BCUT2D eigenvalue weighted by Gasteiger charge is -2.23. The van der Waals surface area contributed by atoms with Gasteiger partial charge >= 0.3 is 0 Å². The van der Waals surface area contributed by atoms with Gasteiger partial charge in [0, 0.05) is 36.3 Å². The lowest BCUT2D eigenvalue weighted by Crippen LogP contribution is -2.32. The molecule has 6 heteroatoms. The zero-order valence-electron chi connectivity index (χ0n) is 13.2. The SMILES string of the molecule is CCN(CC)C(=O)c1cc(NC(C)C(CO)SC)ccn1. The first kappa shape index (κ1) is 17.8. The lowest BCUT2D eigenvalue weighted by atomic mass is 10.2. The molecular formula is C15H25N3O2S. The molecule has 0 spiro atoms. The zero-order chi connectivity index (χ0) is 15.8. The van der Waals surface area contributed by atoms with Gasteiger partial charge in [0.1, 0.15) is 5.69 Å². The number of rotatable bonds is 8. The highest BCUT2D eigenvalue weighted by molar-refractivity contribution is 7.99. The van der Waals surface area contributed by atoms with E-state index in [0.717, 1.165) is 5.69 Å². The van der Waals surface area contributed by atoms with Gasteiger partial charge in [-0.25, -0.2) is 0 Å². The van der Waals surface area contributed by atoms with E-state index in [0.29, 0.717) is 18.8 Å². The van der Waals surface area contributed by atoms with Crippen LogP contribution in [0.5, 0.6) is 0 Å². The standard InChI is InChI=1S/C15H25N3O2S/c1-5-18(6-2)15(20)13-9-12(7-8-16-13)17-11(3)14(10-19)21-4/h7-9,11,14,19H,5-6,10H2,1-4H3,(H,16,17). The van der Waals surface area contributed by atoms with Crippen LogP contribution in [-0.2, 0) is 0 Å². The molecule has 2 N–H and O–H groups in total. The Morgan fingerprint density at radius 1 is 1.48 bits per heavy atom. The molecule has 21 heavy (non-hydrogen) atoms. The van der Waals surface area contributed by atoms with E-state index in [-0.39, 0.29) is 23.8 Å². The maximum atomic E-state index is 12.3. The van der Waals surface area contributed by atoms with Crippen molar-refractivity contribution in [2.24, 2.45) is 0 Å². The van der Waals surface area contributed by atoms with Gasteiger partial charge in [-0.2, -0.15) is 11.8 Å². The van der Waals surface area contributed by atoms with Gasteiger partial charge < -0.3 is 15.3 Å². The van der Waals surface area contributed by atoms with Crippen molar-refractivity contribution in [3.8, 4) is 0 Å². The molecule has 0 aliphatic carbocycles. The molecule has 0 aliphatic rings. The minimum absolute atomic E-state index is 0.0557. The Morgan fingerprint density at radius 3 is 2.67 bits per heavy atom. The van der Waals surface area contributed by atoms with Crippen LogP contribution >= 0.6 is 11.8 Å². The van der Waals surface area contributed by atoms with Crippen molar-refractivity contribution >= 4 is 23.4 Å². The minimum Gasteiger partial charge on any atom is -0.395 e. The summed E-state index contributed by atoms with van der Waals surface area (Å²) in [5.41, 5.74) is 1.29. The quantitative estimate of drug-likeness (QED) is 0.769. The maximum Gasteiger partial charge on any atom is 0.272 e. The average Bonchev–Trinajstić information content (AvgIpc) is 2.49. The van der Waals surface area contributed by atoms with Crippen LogP contribution in [0.15, 0.2) is 18.3 Å². The summed E-state index contributed by atoms with van der Waals surface area (Å²) >= 11 is 1.62. The Bertz CT molecular complexity index is 448. The van der Waals surface area contributed by atoms with Crippen LogP contribution in [0.4, 0.5) is 5.69 Å². The fourth-order valence-corrected chi connectivity index (χ4v) is 2.73. The predicted molar refractivity (Wildman–Crippen MR) is 89.0 cm³/mol. The van der Waals surface area contributed by atoms with Crippen molar-refractivity contribution in [3.63, 3.8) is 0 Å². The van der Waals surface area contributed by atoms with Crippen molar-refractivity contribution in [2.75, 3.05) is 31.3 Å². The summed E-state index contributed by atoms with van der Waals surface area (Å²) in [5.74, 6) is -0.0557. The van der Waals surface area contributed by atoms with Crippen LogP contribution in [0.1, 0.15) is 31.3 Å². The second kappa shape index (κ2) is 8.89. The Balaban J connectivity index is 2.83. The van der Waals surface area contributed by atoms with Crippen LogP contribution in [0.2, 0.25) is 0 Å². The number of nitrogens with zero attached hydrogens (tertiary/aromatic N) is 2. The Morgan fingerprint density at radius 2 is 2.14 bits per heavy atom. The summed E-state index contributed by atoms with van der Waals surface area (Å²) < 4.78 is 0. The fourth-order valence-electron chi connectivity index (χ4n) is 2.10. The fraction of sp³-hybridized carbons (Fsp3) is 0.600. The molecule has 2 unspecified atom stereocenters. The summed E-state index contributed by atoms with van der Waals surface area (Å²) in [6, 6.07) is 3.71. The first-order valence-corrected chi connectivity index (χ1v) is 8.51. The molecular weight excluding hydrogens is 286 g/mol. The zero-order valence-corrected chi connectivity index (χ0v) is 14.0. The number of pyridine rings is 1. The number of aromatic nitrogens is 1. The van der Waals surface area contributed by atoms with E-state index in [2.05, 4.69) is 10.3 Å². The molecule has 118 valence electrons. The Kier molecular flexibility index (Phi) is 7.53. The predicted octanol–water partition coefficient (Wildman–Crippen LogP) is 2.09. The molecule has 1 aromatic heterocycles. The smallest absolute Gasteiger partial charge is 0.272 e. The van der Waals surface area contributed by atoms with Crippen molar-refractivity contribution in [2.45, 2.75) is 32.1 Å². The van der Waals surface area contributed by atoms with Gasteiger partial charge in [0.05, 0.1) is 6.61 Å². The number of hydrogen-bond acceptors (Lipinski definition) is 5. The van der Waals surface area contributed by atoms with E-state index in [9.17, 15) is 9.90 Å². The van der Waals surface area contributed by atoms with Gasteiger partial charge in [0.2, 0.25) is 0 Å². The number of carbonyl (C=O) groups excluding carboxylic acids is 1. The van der Waals surface area contributed by atoms with E-state index in [4.69, 9.17) is 0 Å². The molecule has 0 radical (unpaired) electrons. The third-order valence-corrected chi connectivity index (χ3v) is 4.63. The van der Waals surface area contributed by atoms with E-state index in [1.807, 2.05) is 33.1 Å². The Hall–Kier alpha value is -1.27. The highest BCUT2D eigenvalue weighted by Gasteiger charge is 2.17. The molecule has 2 atom stereocenters. The molecule has 1 aromatic rings. The highest BCUT2D eigenvalue weighted by atomic mass is 32.2. The monoisotopic (exact) mass is 311 g/mol. The molecule has 1 rings (SSSR count). The van der Waals surface area contributed by atoms with Crippen LogP contribution in [-0.4, -0.2) is 58.1 Å². The molecule has 5 nitrogen and oxygen atoms in total. The van der Waals surface area contributed by atoms with Crippen LogP contribution in [0.25, 0.3) is 0 Å². The first-order chi connectivity index (χ1) is 10.1. The molecule has 1 heterocycles. The maximum absolute atomic E-state index is 12.3. The summed E-state index contributed by atoms with van der Waals surface area (Å²) in [4.78, 5) is 18.2. The van der Waals surface area contributed by atoms with Crippen molar-refractivity contribution in [1.29, 1.82) is 0 Å². The van der Waals surface area contributed by atoms with Crippen molar-refractivity contribution < 1.29 is 9.90 Å². The number of anilines is 1. The van der Waals surface area contributed by atoms with Crippen molar-refractivity contribution in [3.05, 3.63) is 24.0 Å². The number of amides is 1. The third-order valence-electron chi connectivity index (χ3n) is 3.46. The first-order valence-electron chi connectivity index (χ1n) is 7.22. The normalized spacial score (nSPS) is 13.6. The average molecular weight is 311 g/mol. The van der Waals surface area contributed by atoms with Crippen LogP contribution < -0.4 is 5.32 Å². The van der Waals surface area contributed by atoms with E-state index in [1.54, 1.807) is 28.9 Å². The van der Waals surface area contributed by atoms with E-state index < -0.39 is 0 Å². The molecule has 0 saturated carbocycles. The van der Waals surface area contributed by atoms with E-state index in [1.165, 1.54) is 0 Å². The number of thioether (sulfide) groups is 1. The minimum atomic E-state index is -0.0557. The van der Waals surface area contributed by atoms with Gasteiger partial charge in [-0.3, -0.25) is 9.78 Å². The number of nitrogens with one attached hydrogen (secondary N) is 1. The summed E-state index contributed by atoms with van der Waals surface area (Å²) in [6.07, 6.45) is 3.61. The van der Waals surface area contributed by atoms with Gasteiger partial charge in [0.15, 0.2) is 0 Å². The summed E-state index contributed by atoms with van der Waals surface area (Å²) in [5, 5.41) is 12.8. The number of hydrogen-bond donors (Lipinski definition) is 2. The molecule has 0 aliphatic heterocycles. The number of aliphatic hydroxyl groups excluding tert-OH is 1.